The molecule has 0 radical (unpaired) electrons. The lowest BCUT2D eigenvalue weighted by Crippen LogP contribution is -2.33. The number of aldehydes is 1. The molecule has 0 amide bonds. The minimum absolute atomic E-state index is 0.0791. The average Bonchev–Trinajstić information content (AvgIpc) is 2.68. The predicted octanol–water partition coefficient (Wildman–Crippen LogP) is 11.1. The molecule has 0 spiro atoms. The molecule has 1 unspecified atom stereocenters. The lowest BCUT2D eigenvalue weighted by atomic mass is 9.84. The van der Waals surface area contributed by atoms with E-state index in [1.54, 1.807) is 62.4 Å². The van der Waals surface area contributed by atoms with Gasteiger partial charge in [-0.25, -0.2) is 26.4 Å². The standard InChI is InChI=1S/C31H30Cl2N2O4S.C14H20N2O2.C10H10O3S.C7H4Cl2O/c1-20-26(31(36)39-17-16-35(2)19-21-9-4-3-5-10-21)27(24-13-8-14-25(32)28(24)33)30-29(34-20)23-12-7-6-11-22(23)15-18-40(30,37)38;1-12(15)10-14(17)18-9-8-16(2)11-13-6-4-3-5-7-13;11-10-7-14(12,13)6-5-8-3-1-2-4-9(8)10;8-6-3-1-2-5(4-10)7(6)9/h3-14,27,34H,15-19H2,1-2H3;3-7,10H,8-9,11,15H2,1-2H3;1-4H,5-7H2;1-4H/b;12-10+;;. The van der Waals surface area contributed by atoms with Crippen LogP contribution >= 0.6 is 46.4 Å². The number of esters is 2. The number of hydrogen-bond acceptors (Lipinski definition) is 14. The number of allylic oxidation sites excluding steroid dienone is 3. The van der Waals surface area contributed by atoms with Crippen LogP contribution < -0.4 is 11.1 Å². The van der Waals surface area contributed by atoms with E-state index >= 15 is 0 Å². The van der Waals surface area contributed by atoms with Crippen molar-refractivity contribution in [3.63, 3.8) is 0 Å². The summed E-state index contributed by atoms with van der Waals surface area (Å²) in [7, 11) is -3.05. The number of fused-ring (bicyclic) bond motifs is 3. The van der Waals surface area contributed by atoms with Gasteiger partial charge in [0.15, 0.2) is 31.7 Å². The zero-order valence-corrected chi connectivity index (χ0v) is 50.4. The van der Waals surface area contributed by atoms with Crippen molar-refractivity contribution in [2.24, 2.45) is 5.73 Å². The van der Waals surface area contributed by atoms with Crippen LogP contribution in [0, 0.1) is 0 Å². The normalized spacial score (nSPS) is 15.9. The van der Waals surface area contributed by atoms with Gasteiger partial charge in [0.05, 0.1) is 53.7 Å². The van der Waals surface area contributed by atoms with E-state index in [9.17, 15) is 36.0 Å². The van der Waals surface area contributed by atoms with Gasteiger partial charge < -0.3 is 20.5 Å². The zero-order valence-electron chi connectivity index (χ0n) is 45.7. The van der Waals surface area contributed by atoms with Crippen molar-refractivity contribution in [3.8, 4) is 0 Å². The first kappa shape index (κ1) is 64.6. The summed E-state index contributed by atoms with van der Waals surface area (Å²) in [5.74, 6) is -2.60. The maximum absolute atomic E-state index is 13.9. The largest absolute Gasteiger partial charge is 0.461 e. The van der Waals surface area contributed by atoms with E-state index in [4.69, 9.17) is 61.6 Å². The first-order valence-corrected chi connectivity index (χ1v) is 31.0. The Morgan fingerprint density at radius 2 is 1.18 bits per heavy atom. The number of hydrogen-bond donors (Lipinski definition) is 2. The molecule has 1 atom stereocenters. The third-order valence-corrected chi connectivity index (χ3v) is 18.2. The summed E-state index contributed by atoms with van der Waals surface area (Å²) in [5.41, 5.74) is 13.4. The van der Waals surface area contributed by atoms with Crippen LogP contribution in [0.5, 0.6) is 0 Å². The van der Waals surface area contributed by atoms with Gasteiger partial charge in [0.1, 0.15) is 19.0 Å². The van der Waals surface area contributed by atoms with Crippen LogP contribution in [0.15, 0.2) is 174 Å². The molecule has 0 saturated heterocycles. The number of Topliss-reactive ketones (excluding diaryl/α,β-unsaturated/α-hetero) is 1. The Labute approximate surface area is 500 Å². The van der Waals surface area contributed by atoms with Gasteiger partial charge in [0.25, 0.3) is 0 Å². The van der Waals surface area contributed by atoms with E-state index in [1.807, 2.05) is 99.0 Å². The Morgan fingerprint density at radius 3 is 1.76 bits per heavy atom. The Balaban J connectivity index is 0.000000210. The monoisotopic (exact) mass is 1230 g/mol. The van der Waals surface area contributed by atoms with Crippen LogP contribution in [0.25, 0.3) is 5.70 Å². The molecule has 9 rings (SSSR count). The first-order chi connectivity index (χ1) is 39.1. The van der Waals surface area contributed by atoms with Crippen LogP contribution in [0.3, 0.4) is 0 Å². The van der Waals surface area contributed by atoms with Gasteiger partial charge in [0, 0.05) is 60.3 Å². The summed E-state index contributed by atoms with van der Waals surface area (Å²) >= 11 is 24.3. The second kappa shape index (κ2) is 30.6. The number of aryl methyl sites for hydroxylation is 2. The minimum atomic E-state index is -3.81. The maximum Gasteiger partial charge on any atom is 0.336 e. The number of halogens is 4. The van der Waals surface area contributed by atoms with Crippen LogP contribution in [-0.2, 0) is 64.7 Å². The van der Waals surface area contributed by atoms with Crippen LogP contribution in [0.1, 0.15) is 73.9 Å². The molecular formula is C62H64Cl4N4O10S2. The summed E-state index contributed by atoms with van der Waals surface area (Å²) in [6, 6.07) is 44.9. The fourth-order valence-electron chi connectivity index (χ4n) is 9.08. The molecule has 0 aromatic heterocycles. The molecule has 6 aromatic rings. The van der Waals surface area contributed by atoms with Gasteiger partial charge in [-0.1, -0.05) is 180 Å². The second-order valence-electron chi connectivity index (χ2n) is 19.5. The first-order valence-electron chi connectivity index (χ1n) is 26.0. The van der Waals surface area contributed by atoms with Crippen LogP contribution in [-0.4, -0.2) is 108 Å². The third kappa shape index (κ3) is 18.5. The molecule has 432 valence electrons. The smallest absolute Gasteiger partial charge is 0.336 e. The van der Waals surface area contributed by atoms with Crippen LogP contribution in [0.2, 0.25) is 20.1 Å². The highest BCUT2D eigenvalue weighted by Gasteiger charge is 2.43. The van der Waals surface area contributed by atoms with Gasteiger partial charge in [0.2, 0.25) is 0 Å². The van der Waals surface area contributed by atoms with Crippen molar-refractivity contribution in [2.75, 3.05) is 57.7 Å². The van der Waals surface area contributed by atoms with E-state index in [0.717, 1.165) is 28.8 Å². The highest BCUT2D eigenvalue weighted by atomic mass is 35.5. The lowest BCUT2D eigenvalue weighted by Gasteiger charge is -2.32. The van der Waals surface area contributed by atoms with Gasteiger partial charge >= 0.3 is 11.9 Å². The Bertz CT molecular complexity index is 3580. The number of sulfone groups is 2. The third-order valence-electron chi connectivity index (χ3n) is 13.1. The van der Waals surface area contributed by atoms with Crippen molar-refractivity contribution >= 4 is 95.8 Å². The minimum Gasteiger partial charge on any atom is -0.461 e. The molecule has 6 aromatic carbocycles. The molecule has 3 aliphatic heterocycles. The van der Waals surface area contributed by atoms with Crippen molar-refractivity contribution in [1.29, 1.82) is 0 Å². The highest BCUT2D eigenvalue weighted by molar-refractivity contribution is 7.95. The number of ketones is 1. The fourth-order valence-corrected chi connectivity index (χ4v) is 12.9. The summed E-state index contributed by atoms with van der Waals surface area (Å²) < 4.78 is 61.2. The quantitative estimate of drug-likeness (QED) is 0.0593. The molecule has 3 N–H and O–H groups in total. The molecule has 0 fully saturated rings. The Kier molecular flexibility index (Phi) is 24.1. The van der Waals surface area contributed by atoms with Crippen molar-refractivity contribution in [1.82, 2.24) is 15.1 Å². The maximum atomic E-state index is 13.9. The number of carbonyl (C=O) groups excluding carboxylic acids is 4. The lowest BCUT2D eigenvalue weighted by molar-refractivity contribution is -0.140. The molecule has 0 bridgehead atoms. The second-order valence-corrected chi connectivity index (χ2v) is 25.4. The molecule has 20 heteroatoms. The summed E-state index contributed by atoms with van der Waals surface area (Å²) in [6.45, 7) is 6.65. The number of nitrogens with one attached hydrogen (secondary N) is 1. The number of carbonyl (C=O) groups is 4. The van der Waals surface area contributed by atoms with E-state index in [1.165, 1.54) is 11.6 Å². The predicted molar refractivity (Wildman–Crippen MR) is 326 cm³/mol. The Morgan fingerprint density at radius 1 is 0.671 bits per heavy atom. The topological polar surface area (TPSA) is 200 Å². The van der Waals surface area contributed by atoms with Gasteiger partial charge in [-0.15, -0.1) is 0 Å². The fraction of sp³-hybridized carbons (Fsp3) is 0.258. The number of benzene rings is 6. The van der Waals surface area contributed by atoms with E-state index in [2.05, 4.69) is 27.2 Å². The number of likely N-dealkylation sites (N-methyl/N-ethyl adjacent to an activating group) is 2. The molecule has 82 heavy (non-hydrogen) atoms. The van der Waals surface area contributed by atoms with Crippen molar-refractivity contribution in [3.05, 3.63) is 238 Å². The SMILES string of the molecule is C/C(N)=C\C(=O)OCCN(C)Cc1ccccc1.CC1=C(C(=O)OCCN(C)Cc2ccccc2)C(c2cccc(Cl)c2Cl)C2=C(N1)c1ccccc1CCS2(=O)=O.O=C1CS(=O)(=O)CCc2ccccc21.O=Cc1cccc(Cl)c1Cl. The van der Waals surface area contributed by atoms with Gasteiger partial charge in [-0.05, 0) is 80.7 Å². The molecule has 14 nitrogen and oxygen atoms in total. The summed E-state index contributed by atoms with van der Waals surface area (Å²) in [4.78, 5) is 51.0. The number of rotatable bonds is 14. The van der Waals surface area contributed by atoms with Crippen molar-refractivity contribution in [2.45, 2.75) is 45.7 Å². The number of nitrogens with two attached hydrogens (primary N) is 1. The van der Waals surface area contributed by atoms with Gasteiger partial charge in [-0.2, -0.15) is 0 Å². The molecular weight excluding hydrogens is 1170 g/mol. The molecule has 3 aliphatic rings. The van der Waals surface area contributed by atoms with Crippen LogP contribution in [0.4, 0.5) is 0 Å². The molecule has 3 heterocycles. The number of dihydropyridines is 1. The summed E-state index contributed by atoms with van der Waals surface area (Å²) in [5, 5.41) is 4.47. The Hall–Kier alpha value is -6.60. The average molecular weight is 1230 g/mol. The van der Waals surface area contributed by atoms with E-state index in [0.29, 0.717) is 89.2 Å². The van der Waals surface area contributed by atoms with Gasteiger partial charge in [-0.3, -0.25) is 19.4 Å². The molecule has 0 aliphatic carbocycles. The van der Waals surface area contributed by atoms with E-state index in [-0.39, 0.29) is 56.1 Å². The van der Waals surface area contributed by atoms with Crippen molar-refractivity contribution < 1.29 is 45.5 Å². The highest BCUT2D eigenvalue weighted by Crippen LogP contribution is 2.48. The van der Waals surface area contributed by atoms with E-state index < -0.39 is 31.6 Å². The zero-order chi connectivity index (χ0) is 59.6. The number of nitrogens with zero attached hydrogens (tertiary/aromatic N) is 2. The molecule has 0 saturated carbocycles. The number of ether oxygens (including phenoxy) is 2. The summed E-state index contributed by atoms with van der Waals surface area (Å²) in [6.07, 6.45) is 2.77.